The summed E-state index contributed by atoms with van der Waals surface area (Å²) < 4.78 is 5.72. The lowest BCUT2D eigenvalue weighted by atomic mass is 9.96. The number of ketones is 1. The molecule has 2 aliphatic heterocycles. The fourth-order valence-electron chi connectivity index (χ4n) is 2.71. The second kappa shape index (κ2) is 5.21. The van der Waals surface area contributed by atoms with E-state index in [1.807, 2.05) is 25.1 Å². The lowest BCUT2D eigenvalue weighted by Crippen LogP contribution is -2.40. The Morgan fingerprint density at radius 1 is 1.37 bits per heavy atom. The lowest BCUT2D eigenvalue weighted by molar-refractivity contribution is 0.0927. The van der Waals surface area contributed by atoms with Crippen molar-refractivity contribution < 1.29 is 9.53 Å². The fourth-order valence-corrected chi connectivity index (χ4v) is 2.71. The molecule has 1 aromatic rings. The first kappa shape index (κ1) is 12.5. The van der Waals surface area contributed by atoms with Crippen molar-refractivity contribution in [2.24, 2.45) is 0 Å². The average molecular weight is 260 g/mol. The molecule has 102 valence electrons. The molecule has 2 heterocycles. The highest BCUT2D eigenvalue weighted by Crippen LogP contribution is 2.30. The smallest absolute Gasteiger partial charge is 0.179 e. The summed E-state index contributed by atoms with van der Waals surface area (Å²) in [7, 11) is 0. The molecule has 2 N–H and O–H groups in total. The van der Waals surface area contributed by atoms with Gasteiger partial charge in [0.15, 0.2) is 5.78 Å². The summed E-state index contributed by atoms with van der Waals surface area (Å²) in [6.45, 7) is 3.76. The standard InChI is InChI=1S/C15H20N2O2/c1-10-9-17-13-8-11(5-6-14(13)19-10)15(18)12-4-2-3-7-16-12/h5-6,8,10,12,16-17H,2-4,7,9H2,1H3. The topological polar surface area (TPSA) is 50.4 Å². The molecule has 0 aliphatic carbocycles. The third-order valence-corrected chi connectivity index (χ3v) is 3.80. The maximum Gasteiger partial charge on any atom is 0.179 e. The van der Waals surface area contributed by atoms with Gasteiger partial charge in [0.05, 0.1) is 18.3 Å². The molecular weight excluding hydrogens is 240 g/mol. The van der Waals surface area contributed by atoms with Crippen molar-refractivity contribution in [1.29, 1.82) is 0 Å². The van der Waals surface area contributed by atoms with Crippen LogP contribution in [-0.4, -0.2) is 31.0 Å². The number of Topliss-reactive ketones (excluding diaryl/α,β-unsaturated/α-hetero) is 1. The van der Waals surface area contributed by atoms with Gasteiger partial charge < -0.3 is 15.4 Å². The molecule has 19 heavy (non-hydrogen) atoms. The predicted molar refractivity (Wildman–Crippen MR) is 75.0 cm³/mol. The molecule has 3 rings (SSSR count). The van der Waals surface area contributed by atoms with Crippen molar-refractivity contribution >= 4 is 11.5 Å². The molecule has 2 unspecified atom stereocenters. The number of nitrogens with one attached hydrogen (secondary N) is 2. The molecule has 0 aromatic heterocycles. The van der Waals surface area contributed by atoms with Crippen LogP contribution >= 0.6 is 0 Å². The number of fused-ring (bicyclic) bond motifs is 1. The van der Waals surface area contributed by atoms with E-state index >= 15 is 0 Å². The molecule has 1 fully saturated rings. The van der Waals surface area contributed by atoms with Gasteiger partial charge in [-0.3, -0.25) is 4.79 Å². The zero-order valence-corrected chi connectivity index (χ0v) is 11.2. The maximum atomic E-state index is 12.4. The van der Waals surface area contributed by atoms with Crippen LogP contribution < -0.4 is 15.4 Å². The van der Waals surface area contributed by atoms with Crippen molar-refractivity contribution in [1.82, 2.24) is 5.32 Å². The molecule has 0 saturated carbocycles. The molecule has 1 aromatic carbocycles. The van der Waals surface area contributed by atoms with Crippen LogP contribution in [0.1, 0.15) is 36.5 Å². The molecule has 0 radical (unpaired) electrons. The van der Waals surface area contributed by atoms with E-state index in [0.717, 1.165) is 42.9 Å². The second-order valence-corrected chi connectivity index (χ2v) is 5.39. The first-order valence-corrected chi connectivity index (χ1v) is 7.06. The van der Waals surface area contributed by atoms with Gasteiger partial charge in [0.25, 0.3) is 0 Å². The van der Waals surface area contributed by atoms with E-state index < -0.39 is 0 Å². The monoisotopic (exact) mass is 260 g/mol. The molecule has 2 atom stereocenters. The van der Waals surface area contributed by atoms with Crippen LogP contribution in [-0.2, 0) is 0 Å². The predicted octanol–water partition coefficient (Wildman–Crippen LogP) is 2.20. The van der Waals surface area contributed by atoms with Crippen molar-refractivity contribution in [3.05, 3.63) is 23.8 Å². The van der Waals surface area contributed by atoms with Crippen molar-refractivity contribution in [2.75, 3.05) is 18.4 Å². The summed E-state index contributed by atoms with van der Waals surface area (Å²) in [5.74, 6) is 1.04. The summed E-state index contributed by atoms with van der Waals surface area (Å²) in [6, 6.07) is 5.67. The Balaban J connectivity index is 1.79. The molecule has 1 saturated heterocycles. The Labute approximate surface area is 113 Å². The van der Waals surface area contributed by atoms with Crippen molar-refractivity contribution in [2.45, 2.75) is 38.3 Å². The van der Waals surface area contributed by atoms with E-state index in [4.69, 9.17) is 4.74 Å². The molecule has 2 aliphatic rings. The number of carbonyl (C=O) groups excluding carboxylic acids is 1. The van der Waals surface area contributed by atoms with Crippen LogP contribution in [0.5, 0.6) is 5.75 Å². The number of ether oxygens (including phenoxy) is 1. The number of carbonyl (C=O) groups is 1. The normalized spacial score (nSPS) is 25.9. The molecule has 0 bridgehead atoms. The minimum Gasteiger partial charge on any atom is -0.487 e. The van der Waals surface area contributed by atoms with Crippen LogP contribution in [0.25, 0.3) is 0 Å². The lowest BCUT2D eigenvalue weighted by Gasteiger charge is -2.26. The third-order valence-electron chi connectivity index (χ3n) is 3.80. The number of benzene rings is 1. The summed E-state index contributed by atoms with van der Waals surface area (Å²) >= 11 is 0. The number of hydrogen-bond acceptors (Lipinski definition) is 4. The minimum atomic E-state index is -0.0183. The zero-order valence-electron chi connectivity index (χ0n) is 11.2. The van der Waals surface area contributed by atoms with E-state index in [9.17, 15) is 4.79 Å². The van der Waals surface area contributed by atoms with Gasteiger partial charge in [-0.1, -0.05) is 6.42 Å². The quantitative estimate of drug-likeness (QED) is 0.800. The van der Waals surface area contributed by atoms with E-state index in [1.54, 1.807) is 0 Å². The molecule has 4 heteroatoms. The van der Waals surface area contributed by atoms with Gasteiger partial charge in [-0.2, -0.15) is 0 Å². The molecule has 4 nitrogen and oxygen atoms in total. The van der Waals surface area contributed by atoms with Crippen LogP contribution in [0.15, 0.2) is 18.2 Å². The largest absolute Gasteiger partial charge is 0.487 e. The average Bonchev–Trinajstić information content (AvgIpc) is 2.47. The maximum absolute atomic E-state index is 12.4. The summed E-state index contributed by atoms with van der Waals surface area (Å²) in [5, 5.41) is 6.62. The van der Waals surface area contributed by atoms with Gasteiger partial charge in [0.2, 0.25) is 0 Å². The number of anilines is 1. The van der Waals surface area contributed by atoms with Crippen LogP contribution in [0.3, 0.4) is 0 Å². The highest BCUT2D eigenvalue weighted by atomic mass is 16.5. The van der Waals surface area contributed by atoms with Crippen LogP contribution in [0.4, 0.5) is 5.69 Å². The fraction of sp³-hybridized carbons (Fsp3) is 0.533. The van der Waals surface area contributed by atoms with Gasteiger partial charge in [-0.15, -0.1) is 0 Å². The summed E-state index contributed by atoms with van der Waals surface area (Å²) in [4.78, 5) is 12.4. The molecule has 0 spiro atoms. The van der Waals surface area contributed by atoms with Gasteiger partial charge >= 0.3 is 0 Å². The first-order valence-electron chi connectivity index (χ1n) is 7.06. The van der Waals surface area contributed by atoms with Crippen molar-refractivity contribution in [3.8, 4) is 5.75 Å². The van der Waals surface area contributed by atoms with E-state index in [-0.39, 0.29) is 17.9 Å². The van der Waals surface area contributed by atoms with Crippen molar-refractivity contribution in [3.63, 3.8) is 0 Å². The van der Waals surface area contributed by atoms with Gasteiger partial charge in [0, 0.05) is 5.56 Å². The highest BCUT2D eigenvalue weighted by molar-refractivity contribution is 6.01. The SMILES string of the molecule is CC1CNc2cc(C(=O)C3CCCCN3)ccc2O1. The van der Waals surface area contributed by atoms with Crippen LogP contribution in [0.2, 0.25) is 0 Å². The Hall–Kier alpha value is -1.55. The van der Waals surface area contributed by atoms with E-state index in [0.29, 0.717) is 0 Å². The third kappa shape index (κ3) is 2.59. The van der Waals surface area contributed by atoms with E-state index in [1.165, 1.54) is 6.42 Å². The number of rotatable bonds is 2. The number of hydrogen-bond donors (Lipinski definition) is 2. The first-order chi connectivity index (χ1) is 9.24. The number of piperidine rings is 1. The Morgan fingerprint density at radius 2 is 2.26 bits per heavy atom. The Bertz CT molecular complexity index is 481. The summed E-state index contributed by atoms with van der Waals surface area (Å²) in [6.07, 6.45) is 3.42. The zero-order chi connectivity index (χ0) is 13.2. The second-order valence-electron chi connectivity index (χ2n) is 5.39. The Kier molecular flexibility index (Phi) is 3.42. The molecule has 0 amide bonds. The highest BCUT2D eigenvalue weighted by Gasteiger charge is 2.23. The van der Waals surface area contributed by atoms with Gasteiger partial charge in [-0.25, -0.2) is 0 Å². The van der Waals surface area contributed by atoms with Gasteiger partial charge in [0.1, 0.15) is 11.9 Å². The Morgan fingerprint density at radius 3 is 3.05 bits per heavy atom. The molecular formula is C15H20N2O2. The van der Waals surface area contributed by atoms with Gasteiger partial charge in [-0.05, 0) is 44.5 Å². The minimum absolute atomic E-state index is 0.0183. The summed E-state index contributed by atoms with van der Waals surface area (Å²) in [5.41, 5.74) is 1.70. The van der Waals surface area contributed by atoms with E-state index in [2.05, 4.69) is 10.6 Å². The van der Waals surface area contributed by atoms with Crippen LogP contribution in [0, 0.1) is 0 Å².